The average Bonchev–Trinajstić information content (AvgIpc) is 3.22. The molecule has 2 saturated heterocycles. The predicted molar refractivity (Wildman–Crippen MR) is 144 cm³/mol. The molecule has 8 heteroatoms. The van der Waals surface area contributed by atoms with Crippen molar-refractivity contribution in [2.45, 2.75) is 62.6 Å². The van der Waals surface area contributed by atoms with E-state index >= 15 is 0 Å². The van der Waals surface area contributed by atoms with Crippen molar-refractivity contribution in [1.82, 2.24) is 4.90 Å². The molecular weight excluding hydrogens is 488 g/mol. The van der Waals surface area contributed by atoms with E-state index in [0.29, 0.717) is 19.4 Å². The second kappa shape index (κ2) is 9.95. The van der Waals surface area contributed by atoms with E-state index in [0.717, 1.165) is 16.8 Å². The van der Waals surface area contributed by atoms with Crippen LogP contribution in [0.3, 0.4) is 0 Å². The van der Waals surface area contributed by atoms with Gasteiger partial charge in [-0.05, 0) is 43.7 Å². The first-order chi connectivity index (χ1) is 17.7. The van der Waals surface area contributed by atoms with Crippen LogP contribution in [-0.4, -0.2) is 69.6 Å². The molecule has 1 spiro atoms. The van der Waals surface area contributed by atoms with Crippen LogP contribution in [0.25, 0.3) is 0 Å². The predicted octanol–water partition coefficient (Wildman–Crippen LogP) is 3.41. The van der Waals surface area contributed by atoms with E-state index in [1.165, 1.54) is 11.8 Å². The molecule has 0 aliphatic carbocycles. The van der Waals surface area contributed by atoms with Crippen LogP contribution in [0.2, 0.25) is 0 Å². The van der Waals surface area contributed by atoms with Crippen molar-refractivity contribution in [3.8, 4) is 0 Å². The standard InChI is InChI=1S/C29H36N2O5S/c1-17(2)15-20(16-32)31-25-27(34)30(24-18(3)9-7-10-19(24)4)13-8-12-29(25)23(26(31)33)22-21(37-29)11-5-6-14-36-28(22)35/h5,7-12,17,20-23,25,32H,6,13-16H2,1-4H3/t20-,21+,22-,23+,25?,29+/m1/s1. The lowest BCUT2D eigenvalue weighted by atomic mass is 9.78. The SMILES string of the molecule is Cc1cccc(C)c1N1CC=C[C@]23S[C@H]4C=CCCOC(=O)[C@H]4[C@H]2C(=O)N([C@@H](CO)CC(C)C)C3C1=O. The number of amides is 2. The quantitative estimate of drug-likeness (QED) is 0.469. The molecule has 7 nitrogen and oxygen atoms in total. The van der Waals surface area contributed by atoms with Crippen LogP contribution in [0.4, 0.5) is 5.69 Å². The number of cyclic esters (lactones) is 1. The van der Waals surface area contributed by atoms with E-state index in [1.807, 2.05) is 70.2 Å². The van der Waals surface area contributed by atoms with Crippen LogP contribution in [0, 0.1) is 31.6 Å². The summed E-state index contributed by atoms with van der Waals surface area (Å²) >= 11 is 1.53. The minimum absolute atomic E-state index is 0.167. The van der Waals surface area contributed by atoms with Crippen LogP contribution < -0.4 is 4.90 Å². The number of para-hydroxylation sites is 1. The van der Waals surface area contributed by atoms with Gasteiger partial charge in [-0.25, -0.2) is 0 Å². The molecule has 5 rings (SSSR count). The Morgan fingerprint density at radius 2 is 1.86 bits per heavy atom. The van der Waals surface area contributed by atoms with Gasteiger partial charge in [-0.1, -0.05) is 56.4 Å². The summed E-state index contributed by atoms with van der Waals surface area (Å²) < 4.78 is 4.63. The molecule has 4 aliphatic rings. The molecule has 0 radical (unpaired) electrons. The van der Waals surface area contributed by atoms with Crippen molar-refractivity contribution in [2.24, 2.45) is 17.8 Å². The molecule has 2 fully saturated rings. The highest BCUT2D eigenvalue weighted by molar-refractivity contribution is 8.02. The summed E-state index contributed by atoms with van der Waals surface area (Å²) in [5.74, 6) is -1.98. The molecule has 4 aliphatic heterocycles. The second-order valence-electron chi connectivity index (χ2n) is 11.0. The van der Waals surface area contributed by atoms with Crippen LogP contribution >= 0.6 is 11.8 Å². The molecule has 2 amide bonds. The second-order valence-corrected chi connectivity index (χ2v) is 12.5. The first kappa shape index (κ1) is 26.0. The average molecular weight is 525 g/mol. The Kier molecular flexibility index (Phi) is 7.00. The van der Waals surface area contributed by atoms with Gasteiger partial charge in [-0.15, -0.1) is 11.8 Å². The number of aliphatic hydroxyl groups excluding tert-OH is 1. The van der Waals surface area contributed by atoms with E-state index < -0.39 is 28.7 Å². The number of carbonyl (C=O) groups is 3. The fourth-order valence-electron chi connectivity index (χ4n) is 6.69. The van der Waals surface area contributed by atoms with Crippen molar-refractivity contribution < 1.29 is 24.2 Å². The van der Waals surface area contributed by atoms with Gasteiger partial charge in [-0.2, -0.15) is 0 Å². The topological polar surface area (TPSA) is 87.2 Å². The number of aryl methyl sites for hydroxylation is 2. The van der Waals surface area contributed by atoms with E-state index in [9.17, 15) is 19.5 Å². The first-order valence-corrected chi connectivity index (χ1v) is 14.1. The summed E-state index contributed by atoms with van der Waals surface area (Å²) in [7, 11) is 0. The number of ether oxygens (including phenoxy) is 1. The normalized spacial score (nSPS) is 32.0. The fourth-order valence-corrected chi connectivity index (χ4v) is 8.68. The third-order valence-corrected chi connectivity index (χ3v) is 9.86. The monoisotopic (exact) mass is 524 g/mol. The van der Waals surface area contributed by atoms with E-state index in [-0.39, 0.29) is 42.2 Å². The summed E-state index contributed by atoms with van der Waals surface area (Å²) in [4.78, 5) is 45.6. The number of nitrogens with zero attached hydrogens (tertiary/aromatic N) is 2. The van der Waals surface area contributed by atoms with E-state index in [2.05, 4.69) is 0 Å². The van der Waals surface area contributed by atoms with E-state index in [4.69, 9.17) is 4.74 Å². The molecule has 1 N–H and O–H groups in total. The van der Waals surface area contributed by atoms with Crippen LogP contribution in [0.5, 0.6) is 0 Å². The summed E-state index contributed by atoms with van der Waals surface area (Å²) in [6, 6.07) is 4.60. The minimum atomic E-state index is -0.924. The van der Waals surface area contributed by atoms with Crippen molar-refractivity contribution in [2.75, 3.05) is 24.7 Å². The minimum Gasteiger partial charge on any atom is -0.465 e. The molecule has 37 heavy (non-hydrogen) atoms. The Balaban J connectivity index is 1.67. The zero-order valence-electron chi connectivity index (χ0n) is 21.9. The number of anilines is 1. The summed E-state index contributed by atoms with van der Waals surface area (Å²) in [5, 5.41) is 10.2. The number of rotatable bonds is 5. The van der Waals surface area contributed by atoms with Gasteiger partial charge in [-0.3, -0.25) is 14.4 Å². The van der Waals surface area contributed by atoms with Crippen molar-refractivity contribution in [3.63, 3.8) is 0 Å². The molecule has 6 atom stereocenters. The van der Waals surface area contributed by atoms with E-state index in [1.54, 1.807) is 9.80 Å². The number of aliphatic hydroxyl groups is 1. The number of hydrogen-bond donors (Lipinski definition) is 1. The first-order valence-electron chi connectivity index (χ1n) is 13.2. The Bertz CT molecular complexity index is 1140. The highest BCUT2D eigenvalue weighted by Gasteiger charge is 2.71. The largest absolute Gasteiger partial charge is 0.465 e. The van der Waals surface area contributed by atoms with Crippen molar-refractivity contribution >= 4 is 35.2 Å². The summed E-state index contributed by atoms with van der Waals surface area (Å²) in [6.07, 6.45) is 9.20. The third-order valence-electron chi connectivity index (χ3n) is 8.12. The van der Waals surface area contributed by atoms with Gasteiger partial charge < -0.3 is 19.6 Å². The fraction of sp³-hybridized carbons (Fsp3) is 0.552. The number of benzene rings is 1. The lowest BCUT2D eigenvalue weighted by Crippen LogP contribution is -2.57. The smallest absolute Gasteiger partial charge is 0.311 e. The highest BCUT2D eigenvalue weighted by atomic mass is 32.2. The highest BCUT2D eigenvalue weighted by Crippen LogP contribution is 2.61. The van der Waals surface area contributed by atoms with Gasteiger partial charge in [0.05, 0.1) is 35.8 Å². The van der Waals surface area contributed by atoms with Crippen molar-refractivity contribution in [3.05, 3.63) is 53.6 Å². The zero-order valence-corrected chi connectivity index (χ0v) is 22.7. The van der Waals surface area contributed by atoms with Gasteiger partial charge in [0.1, 0.15) is 6.04 Å². The molecule has 198 valence electrons. The van der Waals surface area contributed by atoms with Gasteiger partial charge in [0.25, 0.3) is 5.91 Å². The molecule has 1 unspecified atom stereocenters. The number of esters is 1. The Morgan fingerprint density at radius 3 is 2.54 bits per heavy atom. The molecule has 1 aromatic carbocycles. The number of thioether (sulfide) groups is 1. The number of fused-ring (bicyclic) bond motifs is 2. The maximum atomic E-state index is 14.6. The summed E-state index contributed by atoms with van der Waals surface area (Å²) in [6.45, 7) is 8.48. The molecular formula is C29H36N2O5S. The number of hydrogen-bond acceptors (Lipinski definition) is 6. The number of likely N-dealkylation sites (tertiary alicyclic amines) is 1. The maximum Gasteiger partial charge on any atom is 0.311 e. The molecule has 0 bridgehead atoms. The number of carbonyl (C=O) groups excluding carboxylic acids is 3. The van der Waals surface area contributed by atoms with Crippen molar-refractivity contribution in [1.29, 1.82) is 0 Å². The maximum absolute atomic E-state index is 14.6. The Morgan fingerprint density at radius 1 is 1.14 bits per heavy atom. The lowest BCUT2D eigenvalue weighted by molar-refractivity contribution is -0.153. The molecule has 4 heterocycles. The molecule has 1 aromatic rings. The Hall–Kier alpha value is -2.58. The summed E-state index contributed by atoms with van der Waals surface area (Å²) in [5.41, 5.74) is 2.82. The van der Waals surface area contributed by atoms with Gasteiger partial charge in [0.15, 0.2) is 0 Å². The van der Waals surface area contributed by atoms with Crippen LogP contribution in [-0.2, 0) is 19.1 Å². The van der Waals surface area contributed by atoms with Crippen LogP contribution in [0.1, 0.15) is 37.8 Å². The zero-order chi connectivity index (χ0) is 26.5. The lowest BCUT2D eigenvalue weighted by Gasteiger charge is -2.39. The Labute approximate surface area is 222 Å². The van der Waals surface area contributed by atoms with Crippen LogP contribution in [0.15, 0.2) is 42.5 Å². The van der Waals surface area contributed by atoms with Gasteiger partial charge in [0.2, 0.25) is 5.91 Å². The van der Waals surface area contributed by atoms with Gasteiger partial charge in [0, 0.05) is 17.5 Å². The molecule has 0 saturated carbocycles. The third kappa shape index (κ3) is 4.13. The van der Waals surface area contributed by atoms with Gasteiger partial charge >= 0.3 is 5.97 Å². The molecule has 0 aromatic heterocycles.